The molecule has 5 rings (SSSR count). The predicted octanol–water partition coefficient (Wildman–Crippen LogP) is 6.00. The lowest BCUT2D eigenvalue weighted by Crippen LogP contribution is -2.14. The molecule has 0 unspecified atom stereocenters. The molecule has 32 heavy (non-hydrogen) atoms. The standard InChI is InChI=1S/C26H22FNO3.ClH/c27-23-8-4-2-6-20(23)16-29-24-12-10-19-5-1-3-7-21(19)22(24)15-28-14-18-9-11-25-26(13-18)31-17-30-25;/h1-13,28H,14-17H2;1H. The number of rotatable bonds is 7. The molecule has 164 valence electrons. The number of nitrogens with one attached hydrogen (secondary N) is 1. The Morgan fingerprint density at radius 3 is 2.56 bits per heavy atom. The van der Waals surface area contributed by atoms with Gasteiger partial charge in [-0.3, -0.25) is 0 Å². The third-order valence-electron chi connectivity index (χ3n) is 5.41. The van der Waals surface area contributed by atoms with Crippen LogP contribution in [0.1, 0.15) is 16.7 Å². The zero-order chi connectivity index (χ0) is 21.0. The Bertz CT molecular complexity index is 1230. The molecule has 0 saturated heterocycles. The minimum absolute atomic E-state index is 0. The summed E-state index contributed by atoms with van der Waals surface area (Å²) in [4.78, 5) is 0. The minimum Gasteiger partial charge on any atom is -0.488 e. The topological polar surface area (TPSA) is 39.7 Å². The third kappa shape index (κ3) is 4.64. The van der Waals surface area contributed by atoms with Crippen LogP contribution in [0.2, 0.25) is 0 Å². The largest absolute Gasteiger partial charge is 0.488 e. The van der Waals surface area contributed by atoms with Gasteiger partial charge in [0.2, 0.25) is 6.79 Å². The van der Waals surface area contributed by atoms with Crippen molar-refractivity contribution in [2.45, 2.75) is 19.7 Å². The smallest absolute Gasteiger partial charge is 0.231 e. The van der Waals surface area contributed by atoms with Gasteiger partial charge in [-0.25, -0.2) is 4.39 Å². The Hall–Kier alpha value is -3.28. The first kappa shape index (κ1) is 21.9. The fraction of sp³-hybridized carbons (Fsp3) is 0.154. The van der Waals surface area contributed by atoms with E-state index in [0.29, 0.717) is 18.7 Å². The van der Waals surface area contributed by atoms with E-state index in [9.17, 15) is 4.39 Å². The second kappa shape index (κ2) is 9.90. The van der Waals surface area contributed by atoms with Gasteiger partial charge in [0.1, 0.15) is 18.2 Å². The highest BCUT2D eigenvalue weighted by Crippen LogP contribution is 2.33. The Morgan fingerprint density at radius 1 is 0.844 bits per heavy atom. The van der Waals surface area contributed by atoms with Gasteiger partial charge in [0.25, 0.3) is 0 Å². The summed E-state index contributed by atoms with van der Waals surface area (Å²) in [5.74, 6) is 2.05. The van der Waals surface area contributed by atoms with E-state index in [-0.39, 0.29) is 31.6 Å². The molecular formula is C26H23ClFNO3. The van der Waals surface area contributed by atoms with Crippen molar-refractivity contribution in [2.75, 3.05) is 6.79 Å². The van der Waals surface area contributed by atoms with Crippen LogP contribution in [-0.2, 0) is 19.7 Å². The molecule has 0 spiro atoms. The summed E-state index contributed by atoms with van der Waals surface area (Å²) in [5, 5.41) is 5.76. The monoisotopic (exact) mass is 451 g/mol. The van der Waals surface area contributed by atoms with E-state index in [1.54, 1.807) is 12.1 Å². The zero-order valence-corrected chi connectivity index (χ0v) is 18.2. The van der Waals surface area contributed by atoms with Crippen molar-refractivity contribution in [2.24, 2.45) is 0 Å². The van der Waals surface area contributed by atoms with Gasteiger partial charge in [-0.15, -0.1) is 12.4 Å². The molecule has 0 bridgehead atoms. The normalized spacial score (nSPS) is 11.9. The Balaban J connectivity index is 0.00000245. The zero-order valence-electron chi connectivity index (χ0n) is 17.3. The van der Waals surface area contributed by atoms with E-state index in [1.165, 1.54) is 6.07 Å². The van der Waals surface area contributed by atoms with Crippen molar-refractivity contribution in [3.63, 3.8) is 0 Å². The highest BCUT2D eigenvalue weighted by atomic mass is 35.5. The average molecular weight is 452 g/mol. The van der Waals surface area contributed by atoms with Crippen LogP contribution >= 0.6 is 12.4 Å². The number of ether oxygens (including phenoxy) is 3. The molecule has 1 aliphatic rings. The quantitative estimate of drug-likeness (QED) is 0.374. The highest BCUT2D eigenvalue weighted by molar-refractivity contribution is 5.87. The summed E-state index contributed by atoms with van der Waals surface area (Å²) in [6.07, 6.45) is 0. The van der Waals surface area contributed by atoms with Crippen molar-refractivity contribution < 1.29 is 18.6 Å². The molecule has 0 aromatic heterocycles. The van der Waals surface area contributed by atoms with Gasteiger partial charge in [-0.05, 0) is 40.6 Å². The molecule has 0 saturated carbocycles. The number of hydrogen-bond donors (Lipinski definition) is 1. The van der Waals surface area contributed by atoms with Gasteiger partial charge >= 0.3 is 0 Å². The van der Waals surface area contributed by atoms with Gasteiger partial charge in [0, 0.05) is 24.2 Å². The minimum atomic E-state index is -0.259. The molecule has 6 heteroatoms. The molecule has 4 aromatic carbocycles. The molecular weight excluding hydrogens is 429 g/mol. The van der Waals surface area contributed by atoms with Crippen LogP contribution in [0.4, 0.5) is 4.39 Å². The number of fused-ring (bicyclic) bond motifs is 2. The van der Waals surface area contributed by atoms with Crippen LogP contribution in [0.25, 0.3) is 10.8 Å². The van der Waals surface area contributed by atoms with Gasteiger partial charge < -0.3 is 19.5 Å². The van der Waals surface area contributed by atoms with Crippen molar-refractivity contribution in [1.82, 2.24) is 5.32 Å². The summed E-state index contributed by atoms with van der Waals surface area (Å²) < 4.78 is 30.9. The maximum absolute atomic E-state index is 14.0. The Morgan fingerprint density at radius 2 is 1.66 bits per heavy atom. The summed E-state index contributed by atoms with van der Waals surface area (Å²) in [6.45, 7) is 1.74. The van der Waals surface area contributed by atoms with E-state index in [1.807, 2.05) is 48.5 Å². The van der Waals surface area contributed by atoms with Crippen molar-refractivity contribution in [3.8, 4) is 17.2 Å². The maximum atomic E-state index is 14.0. The lowest BCUT2D eigenvalue weighted by atomic mass is 10.0. The molecule has 0 atom stereocenters. The fourth-order valence-electron chi connectivity index (χ4n) is 3.79. The molecule has 4 aromatic rings. The fourth-order valence-corrected chi connectivity index (χ4v) is 3.79. The van der Waals surface area contributed by atoms with Crippen LogP contribution in [0, 0.1) is 5.82 Å². The van der Waals surface area contributed by atoms with Gasteiger partial charge in [-0.1, -0.05) is 54.6 Å². The molecule has 0 radical (unpaired) electrons. The summed E-state index contributed by atoms with van der Waals surface area (Å²) in [5.41, 5.74) is 2.70. The molecule has 0 aliphatic carbocycles. The molecule has 0 amide bonds. The van der Waals surface area contributed by atoms with Crippen LogP contribution in [-0.4, -0.2) is 6.79 Å². The van der Waals surface area contributed by atoms with Crippen molar-refractivity contribution in [1.29, 1.82) is 0 Å². The van der Waals surface area contributed by atoms with Crippen LogP contribution in [0.5, 0.6) is 17.2 Å². The van der Waals surface area contributed by atoms with Crippen molar-refractivity contribution >= 4 is 23.2 Å². The van der Waals surface area contributed by atoms with E-state index >= 15 is 0 Å². The van der Waals surface area contributed by atoms with E-state index in [4.69, 9.17) is 14.2 Å². The van der Waals surface area contributed by atoms with Gasteiger partial charge in [0.05, 0.1) is 0 Å². The second-order valence-corrected chi connectivity index (χ2v) is 7.43. The van der Waals surface area contributed by atoms with Crippen molar-refractivity contribution in [3.05, 3.63) is 101 Å². The highest BCUT2D eigenvalue weighted by Gasteiger charge is 2.14. The second-order valence-electron chi connectivity index (χ2n) is 7.43. The lowest BCUT2D eigenvalue weighted by Gasteiger charge is -2.16. The van der Waals surface area contributed by atoms with E-state index in [0.717, 1.165) is 39.1 Å². The van der Waals surface area contributed by atoms with Crippen LogP contribution in [0.3, 0.4) is 0 Å². The number of hydrogen-bond acceptors (Lipinski definition) is 4. The Kier molecular flexibility index (Phi) is 6.78. The maximum Gasteiger partial charge on any atom is 0.231 e. The summed E-state index contributed by atoms with van der Waals surface area (Å²) in [7, 11) is 0. The Labute approximate surface area is 192 Å². The van der Waals surface area contributed by atoms with E-state index < -0.39 is 0 Å². The first-order valence-electron chi connectivity index (χ1n) is 10.2. The summed E-state index contributed by atoms with van der Waals surface area (Å²) in [6, 6.07) is 24.8. The predicted molar refractivity (Wildman–Crippen MR) is 125 cm³/mol. The number of halogens is 2. The lowest BCUT2D eigenvalue weighted by molar-refractivity contribution is 0.174. The number of benzene rings is 4. The first-order valence-corrected chi connectivity index (χ1v) is 10.2. The first-order chi connectivity index (χ1) is 15.3. The molecule has 1 N–H and O–H groups in total. The third-order valence-corrected chi connectivity index (χ3v) is 5.41. The van der Waals surface area contributed by atoms with Gasteiger partial charge in [-0.2, -0.15) is 0 Å². The summed E-state index contributed by atoms with van der Waals surface area (Å²) >= 11 is 0. The van der Waals surface area contributed by atoms with Crippen LogP contribution in [0.15, 0.2) is 78.9 Å². The van der Waals surface area contributed by atoms with Crippen LogP contribution < -0.4 is 19.5 Å². The molecule has 0 fully saturated rings. The van der Waals surface area contributed by atoms with E-state index in [2.05, 4.69) is 17.4 Å². The average Bonchev–Trinajstić information content (AvgIpc) is 3.27. The SMILES string of the molecule is Cl.Fc1ccccc1COc1ccc2ccccc2c1CNCc1ccc2c(c1)OCO2. The molecule has 1 aliphatic heterocycles. The molecule has 4 nitrogen and oxygen atoms in total. The molecule has 1 heterocycles. The van der Waals surface area contributed by atoms with Gasteiger partial charge in [0.15, 0.2) is 11.5 Å².